The third-order valence-electron chi connectivity index (χ3n) is 5.00. The van der Waals surface area contributed by atoms with Crippen LogP contribution in [0.2, 0.25) is 0 Å². The summed E-state index contributed by atoms with van der Waals surface area (Å²) in [4.78, 5) is 33.9. The summed E-state index contributed by atoms with van der Waals surface area (Å²) >= 11 is 2.95. The molecule has 0 radical (unpaired) electrons. The van der Waals surface area contributed by atoms with E-state index in [4.69, 9.17) is 0 Å². The number of nitro groups is 1. The van der Waals surface area contributed by atoms with E-state index in [1.807, 2.05) is 24.3 Å². The van der Waals surface area contributed by atoms with E-state index in [1.165, 1.54) is 23.5 Å². The number of hydrogen-bond acceptors (Lipinski definition) is 7. The van der Waals surface area contributed by atoms with Gasteiger partial charge in [0.25, 0.3) is 11.6 Å². The molecule has 1 amide bonds. The predicted octanol–water partition coefficient (Wildman–Crippen LogP) is 5.31. The molecule has 0 fully saturated rings. The molecule has 0 atom stereocenters. The molecule has 0 saturated heterocycles. The largest absolute Gasteiger partial charge is 0.302 e. The minimum Gasteiger partial charge on any atom is -0.302 e. The van der Waals surface area contributed by atoms with E-state index in [2.05, 4.69) is 30.7 Å². The van der Waals surface area contributed by atoms with Gasteiger partial charge in [-0.05, 0) is 37.0 Å². The number of carbonyl (C=O) groups excluding carboxylic acids is 1. The van der Waals surface area contributed by atoms with Gasteiger partial charge in [-0.25, -0.2) is 4.98 Å². The van der Waals surface area contributed by atoms with Crippen LogP contribution in [0.5, 0.6) is 0 Å². The van der Waals surface area contributed by atoms with Crippen molar-refractivity contribution < 1.29 is 9.72 Å². The first-order chi connectivity index (χ1) is 15.0. The lowest BCUT2D eigenvalue weighted by molar-refractivity contribution is -0.384. The van der Waals surface area contributed by atoms with Crippen LogP contribution in [0.1, 0.15) is 31.1 Å². The van der Waals surface area contributed by atoms with Crippen LogP contribution < -0.4 is 4.90 Å². The fraction of sp³-hybridized carbons (Fsp3) is 0.364. The van der Waals surface area contributed by atoms with Gasteiger partial charge in [0.15, 0.2) is 5.13 Å². The van der Waals surface area contributed by atoms with Crippen molar-refractivity contribution in [3.8, 4) is 0 Å². The Morgan fingerprint density at radius 2 is 1.87 bits per heavy atom. The van der Waals surface area contributed by atoms with Gasteiger partial charge < -0.3 is 4.90 Å². The number of nitro benzene ring substituents is 1. The number of anilines is 1. The van der Waals surface area contributed by atoms with Gasteiger partial charge in [-0.2, -0.15) is 0 Å². The number of amides is 1. The highest BCUT2D eigenvalue weighted by atomic mass is 32.2. The molecular weight excluding hydrogens is 432 g/mol. The van der Waals surface area contributed by atoms with Crippen molar-refractivity contribution in [2.24, 2.45) is 0 Å². The fourth-order valence-corrected chi connectivity index (χ4v) is 5.09. The molecule has 0 aliphatic carbocycles. The SMILES string of the molecule is CCSc1ccccc1C(=O)N(CCN(CC)CC)c1nc2ccc([N+](=O)[O-])cc2s1. The molecule has 1 heterocycles. The van der Waals surface area contributed by atoms with Crippen LogP contribution in [-0.2, 0) is 0 Å². The first-order valence-corrected chi connectivity index (χ1v) is 12.1. The summed E-state index contributed by atoms with van der Waals surface area (Å²) in [6.45, 7) is 9.26. The van der Waals surface area contributed by atoms with Gasteiger partial charge >= 0.3 is 0 Å². The molecule has 3 aromatic rings. The smallest absolute Gasteiger partial charge is 0.270 e. The predicted molar refractivity (Wildman–Crippen MR) is 129 cm³/mol. The van der Waals surface area contributed by atoms with Crippen LogP contribution in [0.25, 0.3) is 10.2 Å². The van der Waals surface area contributed by atoms with Gasteiger partial charge in [0, 0.05) is 30.1 Å². The second-order valence-electron chi connectivity index (χ2n) is 6.82. The summed E-state index contributed by atoms with van der Waals surface area (Å²) < 4.78 is 0.695. The molecule has 1 aromatic heterocycles. The molecule has 164 valence electrons. The Balaban J connectivity index is 2.01. The number of non-ortho nitro benzene ring substituents is 1. The third-order valence-corrected chi connectivity index (χ3v) is 7.00. The Morgan fingerprint density at radius 1 is 1.13 bits per heavy atom. The van der Waals surface area contributed by atoms with Crippen LogP contribution in [-0.4, -0.2) is 52.6 Å². The summed E-state index contributed by atoms with van der Waals surface area (Å²) in [6.07, 6.45) is 0. The topological polar surface area (TPSA) is 79.6 Å². The lowest BCUT2D eigenvalue weighted by Crippen LogP contribution is -2.39. The normalized spacial score (nSPS) is 11.2. The lowest BCUT2D eigenvalue weighted by Gasteiger charge is -2.25. The van der Waals surface area contributed by atoms with Gasteiger partial charge in [0.05, 0.1) is 20.7 Å². The van der Waals surface area contributed by atoms with Crippen LogP contribution in [0.4, 0.5) is 10.8 Å². The van der Waals surface area contributed by atoms with E-state index >= 15 is 0 Å². The van der Waals surface area contributed by atoms with Crippen molar-refractivity contribution in [1.82, 2.24) is 9.88 Å². The zero-order valence-electron chi connectivity index (χ0n) is 17.9. The zero-order chi connectivity index (χ0) is 22.4. The van der Waals surface area contributed by atoms with E-state index < -0.39 is 4.92 Å². The van der Waals surface area contributed by atoms with E-state index in [-0.39, 0.29) is 11.6 Å². The van der Waals surface area contributed by atoms with Gasteiger partial charge in [-0.3, -0.25) is 19.8 Å². The molecule has 0 N–H and O–H groups in total. The molecule has 0 unspecified atom stereocenters. The number of carbonyl (C=O) groups is 1. The standard InChI is InChI=1S/C22H26N4O3S2/c1-4-24(5-2)13-14-25(21(27)17-9-7-8-10-19(17)30-6-3)22-23-18-12-11-16(26(28)29)15-20(18)31-22/h7-12,15H,4-6,13-14H2,1-3H3. The van der Waals surface area contributed by atoms with Crippen molar-refractivity contribution in [2.45, 2.75) is 25.7 Å². The highest BCUT2D eigenvalue weighted by Crippen LogP contribution is 2.33. The molecule has 0 spiro atoms. The summed E-state index contributed by atoms with van der Waals surface area (Å²) in [7, 11) is 0. The Hall–Kier alpha value is -2.49. The van der Waals surface area contributed by atoms with E-state index in [9.17, 15) is 14.9 Å². The first-order valence-electron chi connectivity index (χ1n) is 10.3. The van der Waals surface area contributed by atoms with Gasteiger partial charge in [-0.15, -0.1) is 11.8 Å². The van der Waals surface area contributed by atoms with Gasteiger partial charge in [0.1, 0.15) is 0 Å². The molecule has 31 heavy (non-hydrogen) atoms. The second kappa shape index (κ2) is 10.7. The second-order valence-corrected chi connectivity index (χ2v) is 9.13. The molecule has 9 heteroatoms. The first kappa shape index (κ1) is 23.2. The van der Waals surface area contributed by atoms with E-state index in [0.717, 1.165) is 30.3 Å². The number of thioether (sulfide) groups is 1. The summed E-state index contributed by atoms with van der Waals surface area (Å²) in [6, 6.07) is 12.2. The van der Waals surface area contributed by atoms with Crippen molar-refractivity contribution in [3.63, 3.8) is 0 Å². The number of rotatable bonds is 10. The highest BCUT2D eigenvalue weighted by Gasteiger charge is 2.24. The molecule has 0 aliphatic rings. The van der Waals surface area contributed by atoms with Crippen molar-refractivity contribution in [2.75, 3.05) is 36.8 Å². The van der Waals surface area contributed by atoms with Crippen LogP contribution in [0.3, 0.4) is 0 Å². The van der Waals surface area contributed by atoms with E-state index in [1.54, 1.807) is 22.7 Å². The Bertz CT molecular complexity index is 1070. The summed E-state index contributed by atoms with van der Waals surface area (Å²) in [5.41, 5.74) is 1.33. The monoisotopic (exact) mass is 458 g/mol. The number of likely N-dealkylation sites (N-methyl/N-ethyl adjacent to an activating group) is 1. The quantitative estimate of drug-likeness (QED) is 0.233. The molecule has 2 aromatic carbocycles. The third kappa shape index (κ3) is 5.41. The van der Waals surface area contributed by atoms with Crippen molar-refractivity contribution >= 4 is 50.0 Å². The number of aromatic nitrogens is 1. The van der Waals surface area contributed by atoms with Crippen molar-refractivity contribution in [1.29, 1.82) is 0 Å². The highest BCUT2D eigenvalue weighted by molar-refractivity contribution is 7.99. The minimum atomic E-state index is -0.416. The number of fused-ring (bicyclic) bond motifs is 1. The molecule has 0 bridgehead atoms. The zero-order valence-corrected chi connectivity index (χ0v) is 19.5. The lowest BCUT2D eigenvalue weighted by atomic mass is 10.2. The Morgan fingerprint density at radius 3 is 2.55 bits per heavy atom. The summed E-state index contributed by atoms with van der Waals surface area (Å²) in [5.74, 6) is 0.770. The van der Waals surface area contributed by atoms with Crippen LogP contribution in [0.15, 0.2) is 47.4 Å². The molecule has 0 saturated carbocycles. The van der Waals surface area contributed by atoms with E-state index in [0.29, 0.717) is 27.5 Å². The van der Waals surface area contributed by atoms with Crippen LogP contribution in [0, 0.1) is 10.1 Å². The minimum absolute atomic E-state index is 0.0217. The molecular formula is C22H26N4O3S2. The average molecular weight is 459 g/mol. The summed E-state index contributed by atoms with van der Waals surface area (Å²) in [5, 5.41) is 11.7. The maximum Gasteiger partial charge on any atom is 0.270 e. The van der Waals surface area contributed by atoms with Crippen LogP contribution >= 0.6 is 23.1 Å². The number of benzene rings is 2. The molecule has 0 aliphatic heterocycles. The van der Waals surface area contributed by atoms with Crippen molar-refractivity contribution in [3.05, 3.63) is 58.1 Å². The fourth-order valence-electron chi connectivity index (χ4n) is 3.27. The maximum absolute atomic E-state index is 13.6. The number of thiazole rings is 1. The number of nitrogens with zero attached hydrogens (tertiary/aromatic N) is 4. The molecule has 7 nitrogen and oxygen atoms in total. The average Bonchev–Trinajstić information content (AvgIpc) is 3.20. The van der Waals surface area contributed by atoms with Gasteiger partial charge in [-0.1, -0.05) is 44.2 Å². The molecule has 3 rings (SSSR count). The maximum atomic E-state index is 13.6. The number of hydrogen-bond donors (Lipinski definition) is 0. The Labute approximate surface area is 190 Å². The van der Waals surface area contributed by atoms with Gasteiger partial charge in [0.2, 0.25) is 0 Å². The Kier molecular flexibility index (Phi) is 8.00.